The van der Waals surface area contributed by atoms with Crippen LogP contribution in [0.1, 0.15) is 6.42 Å². The number of nitrogens with zero attached hydrogens (tertiary/aromatic N) is 3. The van der Waals surface area contributed by atoms with Gasteiger partial charge in [0.25, 0.3) is 11.2 Å². The topological polar surface area (TPSA) is 94.8 Å². The average Bonchev–Trinajstić information content (AvgIpc) is 2.77. The Labute approximate surface area is 108 Å². The summed E-state index contributed by atoms with van der Waals surface area (Å²) < 4.78 is 2.95. The summed E-state index contributed by atoms with van der Waals surface area (Å²) in [7, 11) is 4.92. The number of imidazole rings is 1. The van der Waals surface area contributed by atoms with Crippen molar-refractivity contribution in [1.29, 1.82) is 0 Å². The lowest BCUT2D eigenvalue weighted by Gasteiger charge is -2.08. The first-order valence-electron chi connectivity index (χ1n) is 5.82. The van der Waals surface area contributed by atoms with Gasteiger partial charge < -0.3 is 4.90 Å². The molecule has 19 heavy (non-hydrogen) atoms. The van der Waals surface area contributed by atoms with E-state index < -0.39 is 11.2 Å². The van der Waals surface area contributed by atoms with Crippen LogP contribution in [0.2, 0.25) is 0 Å². The molecule has 0 saturated heterocycles. The van der Waals surface area contributed by atoms with E-state index in [2.05, 4.69) is 9.97 Å². The number of hydrogen-bond acceptors (Lipinski definition) is 3. The van der Waals surface area contributed by atoms with E-state index >= 15 is 0 Å². The van der Waals surface area contributed by atoms with Gasteiger partial charge in [-0.15, -0.1) is 0 Å². The quantitative estimate of drug-likeness (QED) is 0.650. The number of amides is 1. The molecule has 2 aromatic heterocycles. The molecule has 0 saturated carbocycles. The van der Waals surface area contributed by atoms with Crippen molar-refractivity contribution in [2.24, 2.45) is 7.05 Å². The second kappa shape index (κ2) is 4.71. The van der Waals surface area contributed by atoms with Crippen molar-refractivity contribution in [3.05, 3.63) is 27.2 Å². The second-order valence-electron chi connectivity index (χ2n) is 4.52. The molecule has 0 atom stereocenters. The van der Waals surface area contributed by atoms with Gasteiger partial charge >= 0.3 is 11.2 Å². The number of aryl methyl sites for hydroxylation is 2. The van der Waals surface area contributed by atoms with E-state index in [0.717, 1.165) is 0 Å². The van der Waals surface area contributed by atoms with Gasteiger partial charge in [0.05, 0.1) is 13.0 Å². The molecule has 0 bridgehead atoms. The van der Waals surface area contributed by atoms with Crippen LogP contribution in [0.3, 0.4) is 0 Å². The van der Waals surface area contributed by atoms with E-state index in [0.29, 0.717) is 17.7 Å². The van der Waals surface area contributed by atoms with Crippen LogP contribution in [0.15, 0.2) is 15.9 Å². The molecule has 0 aliphatic carbocycles. The fourth-order valence-electron chi connectivity index (χ4n) is 1.86. The number of hydrogen-bond donors (Lipinski definition) is 2. The normalized spacial score (nSPS) is 10.9. The first kappa shape index (κ1) is 13.1. The first-order valence-corrected chi connectivity index (χ1v) is 5.82. The van der Waals surface area contributed by atoms with Crippen LogP contribution in [0.25, 0.3) is 11.2 Å². The molecular weight excluding hydrogens is 250 g/mol. The van der Waals surface area contributed by atoms with E-state index in [-0.39, 0.29) is 12.3 Å². The van der Waals surface area contributed by atoms with E-state index in [1.807, 2.05) is 0 Å². The van der Waals surface area contributed by atoms with Gasteiger partial charge in [0, 0.05) is 21.1 Å². The largest absolute Gasteiger partial charge is 0.349 e. The van der Waals surface area contributed by atoms with Gasteiger partial charge in [-0.1, -0.05) is 0 Å². The zero-order valence-electron chi connectivity index (χ0n) is 11.1. The summed E-state index contributed by atoms with van der Waals surface area (Å²) >= 11 is 0. The highest BCUT2D eigenvalue weighted by Gasteiger charge is 2.18. The van der Waals surface area contributed by atoms with E-state index in [1.54, 1.807) is 32.0 Å². The molecule has 2 aromatic rings. The summed E-state index contributed by atoms with van der Waals surface area (Å²) in [5, 5.41) is 0. The zero-order valence-corrected chi connectivity index (χ0v) is 11.1. The highest BCUT2D eigenvalue weighted by molar-refractivity contribution is 5.75. The van der Waals surface area contributed by atoms with Gasteiger partial charge in [-0.25, -0.2) is 14.3 Å². The molecule has 0 unspecified atom stereocenters. The summed E-state index contributed by atoms with van der Waals surface area (Å²) in [6, 6.07) is 0. The predicted molar refractivity (Wildman–Crippen MR) is 67.7 cm³/mol. The smallest absolute Gasteiger partial charge is 0.331 e. The molecule has 2 heterocycles. The van der Waals surface area contributed by atoms with Crippen molar-refractivity contribution in [3.63, 3.8) is 0 Å². The molecule has 0 aliphatic heterocycles. The van der Waals surface area contributed by atoms with Crippen molar-refractivity contribution in [2.75, 3.05) is 14.1 Å². The number of rotatable bonds is 3. The number of H-pyrrole nitrogens is 2. The number of aromatic nitrogens is 4. The van der Waals surface area contributed by atoms with Crippen molar-refractivity contribution >= 4 is 17.1 Å². The van der Waals surface area contributed by atoms with Gasteiger partial charge in [-0.05, 0) is 0 Å². The molecule has 0 aromatic carbocycles. The average molecular weight is 266 g/mol. The maximum atomic E-state index is 11.8. The van der Waals surface area contributed by atoms with Crippen LogP contribution in [-0.4, -0.2) is 39.4 Å². The molecule has 0 radical (unpaired) electrons. The fourth-order valence-corrected chi connectivity index (χ4v) is 1.86. The molecular formula is C11H16N5O3+. The summed E-state index contributed by atoms with van der Waals surface area (Å²) in [5.74, 6) is -0.0249. The van der Waals surface area contributed by atoms with Crippen molar-refractivity contribution < 1.29 is 9.36 Å². The molecule has 8 heteroatoms. The number of nitrogens with one attached hydrogen (secondary N) is 2. The van der Waals surface area contributed by atoms with Gasteiger partial charge in [0.1, 0.15) is 0 Å². The maximum Gasteiger partial charge on any atom is 0.331 e. The minimum Gasteiger partial charge on any atom is -0.349 e. The predicted octanol–water partition coefficient (Wildman–Crippen LogP) is -1.68. The van der Waals surface area contributed by atoms with E-state index in [4.69, 9.17) is 0 Å². The van der Waals surface area contributed by atoms with Crippen molar-refractivity contribution in [3.8, 4) is 0 Å². The molecule has 2 N–H and O–H groups in total. The summed E-state index contributed by atoms with van der Waals surface area (Å²) in [6.45, 7) is 0.373. The summed E-state index contributed by atoms with van der Waals surface area (Å²) in [4.78, 5) is 41.4. The van der Waals surface area contributed by atoms with Gasteiger partial charge in [-0.2, -0.15) is 0 Å². The minimum absolute atomic E-state index is 0.0249. The Balaban J connectivity index is 2.41. The Morgan fingerprint density at radius 3 is 2.74 bits per heavy atom. The zero-order chi connectivity index (χ0) is 14.2. The maximum absolute atomic E-state index is 11.8. The Bertz CT molecular complexity index is 737. The van der Waals surface area contributed by atoms with Crippen LogP contribution in [0, 0.1) is 0 Å². The van der Waals surface area contributed by atoms with Gasteiger partial charge in [-0.3, -0.25) is 19.1 Å². The molecule has 1 amide bonds. The SMILES string of the molecule is CN(C)C(=O)CC[n+]1c[nH]c2c1c(=O)[nH]c(=O)n2C. The van der Waals surface area contributed by atoms with E-state index in [1.165, 1.54) is 9.47 Å². The molecule has 102 valence electrons. The lowest BCUT2D eigenvalue weighted by Crippen LogP contribution is -2.40. The van der Waals surface area contributed by atoms with Gasteiger partial charge in [0.15, 0.2) is 0 Å². The molecule has 0 fully saturated rings. The van der Waals surface area contributed by atoms with Crippen LogP contribution in [0.5, 0.6) is 0 Å². The van der Waals surface area contributed by atoms with Crippen LogP contribution >= 0.6 is 0 Å². The lowest BCUT2D eigenvalue weighted by molar-refractivity contribution is -0.670. The Kier molecular flexibility index (Phi) is 3.24. The molecule has 2 rings (SSSR count). The highest BCUT2D eigenvalue weighted by Crippen LogP contribution is 1.97. The summed E-state index contributed by atoms with van der Waals surface area (Å²) in [6.07, 6.45) is 1.87. The molecule has 0 spiro atoms. The number of aromatic amines is 2. The van der Waals surface area contributed by atoms with Gasteiger partial charge in [0.2, 0.25) is 12.2 Å². The monoisotopic (exact) mass is 266 g/mol. The van der Waals surface area contributed by atoms with Crippen LogP contribution in [0.4, 0.5) is 0 Å². The van der Waals surface area contributed by atoms with E-state index in [9.17, 15) is 14.4 Å². The standard InChI is InChI=1S/C11H15N5O3/c1-14(2)7(17)4-5-16-6-12-9-8(16)10(18)13-11(19)15(9)3/h6H,4-5H2,1-3H3,(H,13,18,19)/p+1. The minimum atomic E-state index is -0.476. The third kappa shape index (κ3) is 2.28. The van der Waals surface area contributed by atoms with Crippen LogP contribution < -0.4 is 15.8 Å². The Morgan fingerprint density at radius 1 is 1.42 bits per heavy atom. The van der Waals surface area contributed by atoms with Crippen LogP contribution in [-0.2, 0) is 18.4 Å². The third-order valence-electron chi connectivity index (χ3n) is 3.01. The number of fused-ring (bicyclic) bond motifs is 1. The number of carbonyl (C=O) groups excluding carboxylic acids is 1. The third-order valence-corrected chi connectivity index (χ3v) is 3.01. The second-order valence-corrected chi connectivity index (χ2v) is 4.52. The molecule has 0 aliphatic rings. The highest BCUT2D eigenvalue weighted by atomic mass is 16.2. The Hall–Kier alpha value is -2.38. The first-order chi connectivity index (χ1) is 8.91. The number of carbonyl (C=O) groups is 1. The fraction of sp³-hybridized carbons (Fsp3) is 0.455. The summed E-state index contributed by atoms with van der Waals surface area (Å²) in [5.41, 5.74) is -0.146. The van der Waals surface area contributed by atoms with Crippen molar-refractivity contribution in [2.45, 2.75) is 13.0 Å². The molecule has 8 nitrogen and oxygen atoms in total. The lowest BCUT2D eigenvalue weighted by atomic mass is 10.3. The Morgan fingerprint density at radius 2 is 2.11 bits per heavy atom. The van der Waals surface area contributed by atoms with Crippen molar-refractivity contribution in [1.82, 2.24) is 19.4 Å².